The molecule has 134 valence electrons. The minimum absolute atomic E-state index is 0.0149. The maximum absolute atomic E-state index is 12.7. The first-order valence-corrected chi connectivity index (χ1v) is 9.58. The third kappa shape index (κ3) is 3.77. The molecule has 0 aliphatic heterocycles. The monoisotopic (exact) mass is 359 g/mol. The molecular weight excluding hydrogens is 334 g/mol. The zero-order valence-corrected chi connectivity index (χ0v) is 15.7. The van der Waals surface area contributed by atoms with Gasteiger partial charge in [0.05, 0.1) is 12.3 Å². The predicted octanol–water partition coefficient (Wildman–Crippen LogP) is 6.01. The van der Waals surface area contributed by atoms with Crippen LogP contribution in [0.4, 0.5) is 0 Å². The van der Waals surface area contributed by atoms with Crippen LogP contribution in [-0.4, -0.2) is 5.91 Å². The highest BCUT2D eigenvalue weighted by Crippen LogP contribution is 2.64. The predicted molar refractivity (Wildman–Crippen MR) is 101 cm³/mol. The zero-order chi connectivity index (χ0) is 17.9. The minimum Gasteiger partial charge on any atom is -0.459 e. The van der Waals surface area contributed by atoms with E-state index in [9.17, 15) is 4.79 Å². The van der Waals surface area contributed by atoms with Gasteiger partial charge in [0.15, 0.2) is 5.76 Å². The molecule has 1 aliphatic carbocycles. The number of hydrogen-bond acceptors (Lipinski definition) is 2. The Bertz CT molecular complexity index is 695. The van der Waals surface area contributed by atoms with Gasteiger partial charge in [0.1, 0.15) is 0 Å². The Hall–Kier alpha value is -1.74. The topological polar surface area (TPSA) is 42.2 Å². The number of furan rings is 1. The quantitative estimate of drug-likeness (QED) is 0.627. The summed E-state index contributed by atoms with van der Waals surface area (Å²) in [6.45, 7) is 4.45. The molecule has 1 amide bonds. The van der Waals surface area contributed by atoms with Crippen LogP contribution in [-0.2, 0) is 0 Å². The van der Waals surface area contributed by atoms with Crippen LogP contribution in [0.3, 0.4) is 0 Å². The van der Waals surface area contributed by atoms with Crippen LogP contribution in [0.5, 0.6) is 0 Å². The van der Waals surface area contributed by atoms with Gasteiger partial charge in [0, 0.05) is 5.02 Å². The number of hydrogen-bond donors (Lipinski definition) is 1. The molecule has 0 unspecified atom stereocenters. The molecule has 1 N–H and O–H groups in total. The molecule has 1 aromatic heterocycles. The molecular formula is C21H26ClNO2. The second kappa shape index (κ2) is 7.65. The Kier molecular flexibility index (Phi) is 5.53. The maximum atomic E-state index is 12.7. The van der Waals surface area contributed by atoms with Gasteiger partial charge in [-0.3, -0.25) is 4.79 Å². The summed E-state index contributed by atoms with van der Waals surface area (Å²) in [5.74, 6) is 0.871. The lowest BCUT2D eigenvalue weighted by Crippen LogP contribution is -2.35. The van der Waals surface area contributed by atoms with Crippen LogP contribution in [0.2, 0.25) is 5.02 Å². The van der Waals surface area contributed by atoms with Crippen molar-refractivity contribution in [2.24, 2.45) is 11.3 Å². The second-order valence-corrected chi connectivity index (χ2v) is 7.54. The Labute approximate surface area is 154 Å². The van der Waals surface area contributed by atoms with E-state index in [1.165, 1.54) is 25.5 Å². The molecule has 0 saturated heterocycles. The molecule has 4 heteroatoms. The van der Waals surface area contributed by atoms with E-state index in [4.69, 9.17) is 16.0 Å². The summed E-state index contributed by atoms with van der Waals surface area (Å²) < 4.78 is 5.29. The average molecular weight is 360 g/mol. The molecule has 3 nitrogen and oxygen atoms in total. The van der Waals surface area contributed by atoms with Crippen molar-refractivity contribution in [2.45, 2.75) is 52.0 Å². The number of amides is 1. The summed E-state index contributed by atoms with van der Waals surface area (Å²) in [6.07, 6.45) is 7.31. The highest BCUT2D eigenvalue weighted by atomic mass is 35.5. The molecule has 1 saturated carbocycles. The summed E-state index contributed by atoms with van der Waals surface area (Å²) in [5.41, 5.74) is 1.26. The van der Waals surface area contributed by atoms with Crippen LogP contribution in [0.25, 0.3) is 0 Å². The van der Waals surface area contributed by atoms with E-state index < -0.39 is 0 Å². The molecule has 0 bridgehead atoms. The number of rotatable bonds is 8. The maximum Gasteiger partial charge on any atom is 0.287 e. The lowest BCUT2D eigenvalue weighted by molar-refractivity contribution is 0.0879. The van der Waals surface area contributed by atoms with Crippen molar-refractivity contribution in [2.75, 3.05) is 0 Å². The van der Waals surface area contributed by atoms with E-state index >= 15 is 0 Å². The van der Waals surface area contributed by atoms with Crippen LogP contribution < -0.4 is 5.32 Å². The second-order valence-electron chi connectivity index (χ2n) is 7.11. The molecule has 1 aromatic carbocycles. The lowest BCUT2D eigenvalue weighted by atomic mass is 9.83. The van der Waals surface area contributed by atoms with Crippen LogP contribution >= 0.6 is 11.6 Å². The zero-order valence-electron chi connectivity index (χ0n) is 14.9. The fourth-order valence-electron chi connectivity index (χ4n) is 4.23. The molecule has 25 heavy (non-hydrogen) atoms. The first-order chi connectivity index (χ1) is 12.1. The first-order valence-electron chi connectivity index (χ1n) is 9.20. The normalized spacial score (nSPS) is 23.2. The average Bonchev–Trinajstić information content (AvgIpc) is 3.04. The largest absolute Gasteiger partial charge is 0.459 e. The highest BCUT2D eigenvalue weighted by molar-refractivity contribution is 6.30. The smallest absolute Gasteiger partial charge is 0.287 e. The van der Waals surface area contributed by atoms with Crippen molar-refractivity contribution in [1.82, 2.24) is 5.32 Å². The van der Waals surface area contributed by atoms with Gasteiger partial charge in [-0.05, 0) is 54.0 Å². The Morgan fingerprint density at radius 1 is 1.28 bits per heavy atom. The van der Waals surface area contributed by atoms with E-state index in [2.05, 4.69) is 19.2 Å². The van der Waals surface area contributed by atoms with Gasteiger partial charge >= 0.3 is 0 Å². The number of carbonyl (C=O) groups is 1. The van der Waals surface area contributed by atoms with Crippen molar-refractivity contribution < 1.29 is 9.21 Å². The summed E-state index contributed by atoms with van der Waals surface area (Å²) in [7, 11) is 0. The van der Waals surface area contributed by atoms with Crippen molar-refractivity contribution in [3.05, 3.63) is 59.0 Å². The summed E-state index contributed by atoms with van der Waals surface area (Å²) in [4.78, 5) is 12.7. The molecule has 1 fully saturated rings. The van der Waals surface area contributed by atoms with Gasteiger partial charge < -0.3 is 9.73 Å². The van der Waals surface area contributed by atoms with Gasteiger partial charge in [0.25, 0.3) is 5.91 Å². The van der Waals surface area contributed by atoms with Crippen molar-refractivity contribution >= 4 is 17.5 Å². The van der Waals surface area contributed by atoms with Crippen molar-refractivity contribution in [1.29, 1.82) is 0 Å². The van der Waals surface area contributed by atoms with Gasteiger partial charge in [-0.15, -0.1) is 0 Å². The molecule has 2 aromatic rings. The third-order valence-corrected chi connectivity index (χ3v) is 5.68. The number of carbonyl (C=O) groups excluding carboxylic acids is 1. The minimum atomic E-state index is -0.150. The van der Waals surface area contributed by atoms with Crippen LogP contribution in [0, 0.1) is 11.3 Å². The van der Waals surface area contributed by atoms with E-state index in [1.54, 1.807) is 12.1 Å². The Morgan fingerprint density at radius 2 is 2.04 bits per heavy atom. The third-order valence-electron chi connectivity index (χ3n) is 5.43. The molecule has 0 spiro atoms. The van der Waals surface area contributed by atoms with Crippen LogP contribution in [0.1, 0.15) is 68.1 Å². The lowest BCUT2D eigenvalue weighted by Gasteiger charge is -2.30. The Balaban J connectivity index is 1.91. The van der Waals surface area contributed by atoms with Gasteiger partial charge in [-0.2, -0.15) is 0 Å². The molecule has 0 radical (unpaired) electrons. The number of halogens is 1. The summed E-state index contributed by atoms with van der Waals surface area (Å²) in [6, 6.07) is 11.3. The van der Waals surface area contributed by atoms with E-state index in [1.807, 2.05) is 24.3 Å². The van der Waals surface area contributed by atoms with Gasteiger partial charge in [0.2, 0.25) is 0 Å². The standard InChI is InChI=1S/C21H26ClNO2/c1-3-6-16-14-21(16,12-4-2)19(15-8-10-17(22)11-9-15)23-20(24)18-7-5-13-25-18/h5,7-11,13,16,19H,3-4,6,12,14H2,1-2H3,(H,23,24)/t16-,19+,21-/m1/s1. The van der Waals surface area contributed by atoms with Crippen LogP contribution in [0.15, 0.2) is 47.1 Å². The van der Waals surface area contributed by atoms with E-state index in [0.29, 0.717) is 16.7 Å². The summed E-state index contributed by atoms with van der Waals surface area (Å²) in [5, 5.41) is 3.97. The fraction of sp³-hybridized carbons (Fsp3) is 0.476. The first kappa shape index (κ1) is 18.1. The molecule has 1 heterocycles. The van der Waals surface area contributed by atoms with Gasteiger partial charge in [-0.1, -0.05) is 56.8 Å². The molecule has 1 aliphatic rings. The van der Waals surface area contributed by atoms with Crippen molar-refractivity contribution in [3.8, 4) is 0 Å². The molecule has 3 atom stereocenters. The van der Waals surface area contributed by atoms with E-state index in [-0.39, 0.29) is 17.4 Å². The van der Waals surface area contributed by atoms with E-state index in [0.717, 1.165) is 18.4 Å². The number of nitrogens with one attached hydrogen (secondary N) is 1. The van der Waals surface area contributed by atoms with Crippen molar-refractivity contribution in [3.63, 3.8) is 0 Å². The summed E-state index contributed by atoms with van der Waals surface area (Å²) >= 11 is 6.07. The molecule has 3 rings (SSSR count). The Morgan fingerprint density at radius 3 is 2.64 bits per heavy atom. The SMILES string of the molecule is CCC[C@@H]1C[C@@]1(CCC)[C@@H](NC(=O)c1ccco1)c1ccc(Cl)cc1. The fourth-order valence-corrected chi connectivity index (χ4v) is 4.36. The van der Waals surface area contributed by atoms with Gasteiger partial charge in [-0.25, -0.2) is 0 Å². The number of benzene rings is 1. The highest BCUT2D eigenvalue weighted by Gasteiger charge is 2.58.